The first-order chi connectivity index (χ1) is 10.1. The number of hydrogen-bond donors (Lipinski definition) is 1. The Morgan fingerprint density at radius 1 is 1.33 bits per heavy atom. The summed E-state index contributed by atoms with van der Waals surface area (Å²) >= 11 is 7.83. The van der Waals surface area contributed by atoms with Gasteiger partial charge in [0.1, 0.15) is 0 Å². The predicted octanol–water partition coefficient (Wildman–Crippen LogP) is 4.87. The highest BCUT2D eigenvalue weighted by molar-refractivity contribution is 7.22. The van der Waals surface area contributed by atoms with E-state index in [1.165, 1.54) is 13.0 Å². The Balaban J connectivity index is 1.86. The molecule has 1 aromatic carbocycles. The quantitative estimate of drug-likeness (QED) is 0.750. The zero-order valence-electron chi connectivity index (χ0n) is 13.0. The topological polar surface area (TPSA) is 28.2 Å². The average molecular weight is 326 g/mol. The summed E-state index contributed by atoms with van der Waals surface area (Å²) in [7, 11) is 0. The van der Waals surface area contributed by atoms with E-state index >= 15 is 0 Å². The second kappa shape index (κ2) is 7.97. The molecule has 2 aromatic rings. The minimum atomic E-state index is 0.430. The van der Waals surface area contributed by atoms with E-state index in [0.717, 1.165) is 39.9 Å². The Morgan fingerprint density at radius 3 is 2.76 bits per heavy atom. The maximum Gasteiger partial charge on any atom is 0.184 e. The highest BCUT2D eigenvalue weighted by atomic mass is 35.5. The first-order valence-electron chi connectivity index (χ1n) is 7.68. The van der Waals surface area contributed by atoms with Gasteiger partial charge in [0.25, 0.3) is 0 Å². The Labute approximate surface area is 136 Å². The summed E-state index contributed by atoms with van der Waals surface area (Å²) in [6.45, 7) is 10.1. The molecule has 0 fully saturated rings. The number of nitrogens with one attached hydrogen (secondary N) is 1. The van der Waals surface area contributed by atoms with Gasteiger partial charge in [-0.3, -0.25) is 0 Å². The van der Waals surface area contributed by atoms with Crippen LogP contribution in [0.3, 0.4) is 0 Å². The van der Waals surface area contributed by atoms with Crippen molar-refractivity contribution in [3.8, 4) is 0 Å². The third kappa shape index (κ3) is 4.56. The van der Waals surface area contributed by atoms with Crippen LogP contribution in [0.2, 0.25) is 5.02 Å². The number of nitrogens with zero attached hydrogens (tertiary/aromatic N) is 2. The number of thiazole rings is 1. The van der Waals surface area contributed by atoms with Crippen LogP contribution in [0.4, 0.5) is 5.13 Å². The lowest BCUT2D eigenvalue weighted by atomic mass is 10.2. The van der Waals surface area contributed by atoms with Crippen molar-refractivity contribution < 1.29 is 0 Å². The summed E-state index contributed by atoms with van der Waals surface area (Å²) in [6, 6.07) is 6.30. The molecule has 5 heteroatoms. The van der Waals surface area contributed by atoms with E-state index in [1.54, 1.807) is 11.3 Å². The van der Waals surface area contributed by atoms with E-state index in [-0.39, 0.29) is 0 Å². The fourth-order valence-electron chi connectivity index (χ4n) is 2.42. The lowest BCUT2D eigenvalue weighted by molar-refractivity contribution is 0.295. The van der Waals surface area contributed by atoms with Crippen LogP contribution in [0.15, 0.2) is 18.2 Å². The Hall–Kier alpha value is -0.840. The maximum absolute atomic E-state index is 6.19. The summed E-state index contributed by atoms with van der Waals surface area (Å²) in [5, 5.41) is 5.25. The molecule has 0 amide bonds. The monoisotopic (exact) mass is 325 g/mol. The molecule has 0 saturated heterocycles. The van der Waals surface area contributed by atoms with Gasteiger partial charge in [0.05, 0.1) is 15.2 Å². The molecule has 0 aliphatic carbocycles. The molecule has 0 bridgehead atoms. The van der Waals surface area contributed by atoms with E-state index < -0.39 is 0 Å². The van der Waals surface area contributed by atoms with Gasteiger partial charge < -0.3 is 10.2 Å². The second-order valence-corrected chi connectivity index (χ2v) is 6.73. The van der Waals surface area contributed by atoms with Gasteiger partial charge in [-0.25, -0.2) is 4.98 Å². The Kier molecular flexibility index (Phi) is 6.27. The number of rotatable bonds is 8. The van der Waals surface area contributed by atoms with Crippen LogP contribution < -0.4 is 5.32 Å². The van der Waals surface area contributed by atoms with Crippen LogP contribution in [0.25, 0.3) is 10.2 Å². The van der Waals surface area contributed by atoms with Gasteiger partial charge >= 0.3 is 0 Å². The SMILES string of the molecule is CCN(CC)CCCC(C)Nc1nc2cccc(Cl)c2s1. The highest BCUT2D eigenvalue weighted by Gasteiger charge is 2.09. The molecule has 1 N–H and O–H groups in total. The van der Waals surface area contributed by atoms with E-state index in [1.807, 2.05) is 18.2 Å². The number of anilines is 1. The van der Waals surface area contributed by atoms with Gasteiger partial charge in [-0.1, -0.05) is 42.9 Å². The average Bonchev–Trinajstić information content (AvgIpc) is 2.87. The van der Waals surface area contributed by atoms with Crippen molar-refractivity contribution >= 4 is 38.3 Å². The van der Waals surface area contributed by atoms with E-state index in [0.29, 0.717) is 6.04 Å². The smallest absolute Gasteiger partial charge is 0.184 e. The predicted molar refractivity (Wildman–Crippen MR) is 94.7 cm³/mol. The summed E-state index contributed by atoms with van der Waals surface area (Å²) in [6.07, 6.45) is 2.36. The Bertz CT molecular complexity index is 566. The molecule has 21 heavy (non-hydrogen) atoms. The molecule has 2 rings (SSSR count). The minimum Gasteiger partial charge on any atom is -0.359 e. The molecule has 0 radical (unpaired) electrons. The van der Waals surface area contributed by atoms with Crippen molar-refractivity contribution in [2.75, 3.05) is 25.0 Å². The minimum absolute atomic E-state index is 0.430. The highest BCUT2D eigenvalue weighted by Crippen LogP contribution is 2.32. The molecular formula is C16H24ClN3S. The number of hydrogen-bond acceptors (Lipinski definition) is 4. The number of halogens is 1. The molecule has 1 atom stereocenters. The third-order valence-corrected chi connectivity index (χ3v) is 5.21. The summed E-state index contributed by atoms with van der Waals surface area (Å²) in [4.78, 5) is 7.06. The van der Waals surface area contributed by atoms with E-state index in [4.69, 9.17) is 11.6 Å². The third-order valence-electron chi connectivity index (χ3n) is 3.74. The lowest BCUT2D eigenvalue weighted by Crippen LogP contribution is -2.25. The standard InChI is InChI=1S/C16H24ClN3S/c1-4-20(5-2)11-7-8-12(3)18-16-19-14-10-6-9-13(17)15(14)21-16/h6,9-10,12H,4-5,7-8,11H2,1-3H3,(H,18,19). The van der Waals surface area contributed by atoms with Crippen molar-refractivity contribution in [2.45, 2.75) is 39.7 Å². The summed E-state index contributed by atoms with van der Waals surface area (Å²) in [5.74, 6) is 0. The van der Waals surface area contributed by atoms with Crippen molar-refractivity contribution in [1.82, 2.24) is 9.88 Å². The van der Waals surface area contributed by atoms with E-state index in [2.05, 4.69) is 36.0 Å². The van der Waals surface area contributed by atoms with Gasteiger partial charge in [0, 0.05) is 6.04 Å². The van der Waals surface area contributed by atoms with Gasteiger partial charge in [-0.05, 0) is 51.5 Å². The van der Waals surface area contributed by atoms with Gasteiger partial charge in [-0.15, -0.1) is 0 Å². The van der Waals surface area contributed by atoms with Crippen molar-refractivity contribution in [2.24, 2.45) is 0 Å². The maximum atomic E-state index is 6.19. The largest absolute Gasteiger partial charge is 0.359 e. The molecule has 0 spiro atoms. The summed E-state index contributed by atoms with van der Waals surface area (Å²) in [5.41, 5.74) is 0.977. The van der Waals surface area contributed by atoms with E-state index in [9.17, 15) is 0 Å². The van der Waals surface area contributed by atoms with Crippen LogP contribution in [-0.2, 0) is 0 Å². The van der Waals surface area contributed by atoms with Crippen molar-refractivity contribution in [3.63, 3.8) is 0 Å². The van der Waals surface area contributed by atoms with Gasteiger partial charge in [-0.2, -0.15) is 0 Å². The lowest BCUT2D eigenvalue weighted by Gasteiger charge is -2.19. The molecule has 3 nitrogen and oxygen atoms in total. The van der Waals surface area contributed by atoms with Crippen LogP contribution in [-0.4, -0.2) is 35.6 Å². The zero-order valence-corrected chi connectivity index (χ0v) is 14.6. The molecular weight excluding hydrogens is 302 g/mol. The number of benzene rings is 1. The first kappa shape index (κ1) is 16.5. The van der Waals surface area contributed by atoms with Crippen LogP contribution in [0.5, 0.6) is 0 Å². The molecule has 0 saturated carbocycles. The molecule has 1 aromatic heterocycles. The van der Waals surface area contributed by atoms with Crippen molar-refractivity contribution in [1.29, 1.82) is 0 Å². The number of fused-ring (bicyclic) bond motifs is 1. The molecule has 1 heterocycles. The normalized spacial score (nSPS) is 13.0. The van der Waals surface area contributed by atoms with Gasteiger partial charge in [0.15, 0.2) is 5.13 Å². The molecule has 0 aliphatic rings. The van der Waals surface area contributed by atoms with Crippen LogP contribution in [0.1, 0.15) is 33.6 Å². The fraction of sp³-hybridized carbons (Fsp3) is 0.562. The zero-order chi connectivity index (χ0) is 15.2. The van der Waals surface area contributed by atoms with Crippen LogP contribution in [0, 0.1) is 0 Å². The number of aromatic nitrogens is 1. The van der Waals surface area contributed by atoms with Gasteiger partial charge in [0.2, 0.25) is 0 Å². The molecule has 116 valence electrons. The molecule has 1 unspecified atom stereocenters. The summed E-state index contributed by atoms with van der Waals surface area (Å²) < 4.78 is 1.07. The van der Waals surface area contributed by atoms with Crippen LogP contribution >= 0.6 is 22.9 Å². The second-order valence-electron chi connectivity index (χ2n) is 5.32. The molecule has 0 aliphatic heterocycles. The Morgan fingerprint density at radius 2 is 2.10 bits per heavy atom. The van der Waals surface area contributed by atoms with Crippen molar-refractivity contribution in [3.05, 3.63) is 23.2 Å². The fourth-order valence-corrected chi connectivity index (χ4v) is 3.69. The first-order valence-corrected chi connectivity index (χ1v) is 8.87.